The van der Waals surface area contributed by atoms with Gasteiger partial charge in [0, 0.05) is 23.6 Å². The molecule has 202 valence electrons. The van der Waals surface area contributed by atoms with Crippen LogP contribution in [0.2, 0.25) is 0 Å². The Balaban J connectivity index is 1.66. The molecule has 5 N–H and O–H groups in total. The van der Waals surface area contributed by atoms with E-state index in [0.717, 1.165) is 18.9 Å². The quantitative estimate of drug-likeness (QED) is 0.231. The molecule has 1 aliphatic heterocycles. The zero-order chi connectivity index (χ0) is 27.8. The van der Waals surface area contributed by atoms with E-state index in [-0.39, 0.29) is 35.1 Å². The second-order valence-corrected chi connectivity index (χ2v) is 10.5. The van der Waals surface area contributed by atoms with Gasteiger partial charge in [-0.15, -0.1) is 0 Å². The summed E-state index contributed by atoms with van der Waals surface area (Å²) >= 11 is 0. The maximum absolute atomic E-state index is 11.2. The van der Waals surface area contributed by atoms with Crippen LogP contribution in [0, 0.1) is 0 Å². The van der Waals surface area contributed by atoms with Crippen molar-refractivity contribution in [2.75, 3.05) is 0 Å². The number of nitrogens with zero attached hydrogens (tertiary/aromatic N) is 1. The molecule has 0 bridgehead atoms. The highest BCUT2D eigenvalue weighted by Gasteiger charge is 2.41. The van der Waals surface area contributed by atoms with E-state index in [1.807, 2.05) is 6.92 Å². The average Bonchev–Trinajstić information content (AvgIpc) is 3.16. The number of aromatic carboxylic acids is 1. The molecule has 4 rings (SSSR count). The second-order valence-electron chi connectivity index (χ2n) is 10.5. The molecule has 0 saturated heterocycles. The molecule has 1 aromatic heterocycles. The zero-order valence-electron chi connectivity index (χ0n) is 22.2. The number of rotatable bonds is 8. The standard InChI is InChI=1S/C30H35NO7/c1-17(2)7-5-8-18(3)9-6-12-30(4)26(34)15-21-24(32)14-20-22(27(21)38-30)16-31(28(20)35)23-11-10-19(29(36)37)13-25(23)33/h7,9-11,13-14,16,26,32-35H,5-6,8,12,15H2,1-4H3,(H,36,37). The number of hydrogen-bond acceptors (Lipinski definition) is 6. The van der Waals surface area contributed by atoms with Gasteiger partial charge in [0.25, 0.3) is 0 Å². The van der Waals surface area contributed by atoms with E-state index in [2.05, 4.69) is 32.9 Å². The molecule has 0 amide bonds. The van der Waals surface area contributed by atoms with Gasteiger partial charge in [-0.05, 0) is 77.6 Å². The number of allylic oxidation sites excluding steroid dienone is 4. The number of aromatic nitrogens is 1. The molecule has 2 aromatic carbocycles. The highest BCUT2D eigenvalue weighted by atomic mass is 16.5. The molecule has 3 aromatic rings. The number of phenolic OH excluding ortho intramolecular Hbond substituents is 2. The molecule has 2 atom stereocenters. The Hall–Kier alpha value is -3.91. The Morgan fingerprint density at radius 2 is 1.82 bits per heavy atom. The molecule has 38 heavy (non-hydrogen) atoms. The molecule has 0 spiro atoms. The highest BCUT2D eigenvalue weighted by Crippen LogP contribution is 2.48. The predicted octanol–water partition coefficient (Wildman–Crippen LogP) is 5.97. The summed E-state index contributed by atoms with van der Waals surface area (Å²) in [5, 5.41) is 53.1. The van der Waals surface area contributed by atoms with Gasteiger partial charge in [0.2, 0.25) is 5.88 Å². The first kappa shape index (κ1) is 27.1. The largest absolute Gasteiger partial charge is 0.508 e. The Morgan fingerprint density at radius 1 is 1.08 bits per heavy atom. The molecule has 0 aliphatic carbocycles. The van der Waals surface area contributed by atoms with Gasteiger partial charge in [-0.1, -0.05) is 23.3 Å². The highest BCUT2D eigenvalue weighted by molar-refractivity contribution is 5.97. The van der Waals surface area contributed by atoms with Gasteiger partial charge < -0.3 is 30.3 Å². The second kappa shape index (κ2) is 10.5. The normalized spacial score (nSPS) is 19.2. The number of hydrogen-bond donors (Lipinski definition) is 5. The molecule has 1 aliphatic rings. The smallest absolute Gasteiger partial charge is 0.335 e. The van der Waals surface area contributed by atoms with Gasteiger partial charge >= 0.3 is 5.97 Å². The summed E-state index contributed by atoms with van der Waals surface area (Å²) in [5.41, 5.74) is 2.17. The van der Waals surface area contributed by atoms with Gasteiger partial charge in [0.15, 0.2) is 0 Å². The number of aromatic hydroxyl groups is 3. The van der Waals surface area contributed by atoms with Crippen LogP contribution in [0.1, 0.15) is 69.3 Å². The molecule has 2 unspecified atom stereocenters. The minimum atomic E-state index is -1.18. The Bertz CT molecular complexity index is 1440. The van der Waals surface area contributed by atoms with Crippen molar-refractivity contribution in [3.05, 3.63) is 64.9 Å². The fourth-order valence-corrected chi connectivity index (χ4v) is 4.92. The lowest BCUT2D eigenvalue weighted by Crippen LogP contribution is -2.48. The van der Waals surface area contributed by atoms with Gasteiger partial charge in [0.05, 0.1) is 22.7 Å². The third-order valence-electron chi connectivity index (χ3n) is 7.27. The van der Waals surface area contributed by atoms with Gasteiger partial charge in [-0.2, -0.15) is 0 Å². The van der Waals surface area contributed by atoms with Crippen molar-refractivity contribution >= 4 is 16.7 Å². The summed E-state index contributed by atoms with van der Waals surface area (Å²) in [7, 11) is 0. The van der Waals surface area contributed by atoms with Crippen LogP contribution in [0.25, 0.3) is 16.5 Å². The van der Waals surface area contributed by atoms with Crippen LogP contribution in [0.5, 0.6) is 23.1 Å². The molecule has 0 radical (unpaired) electrons. The van der Waals surface area contributed by atoms with Crippen LogP contribution < -0.4 is 4.74 Å². The van der Waals surface area contributed by atoms with Crippen LogP contribution >= 0.6 is 0 Å². The third kappa shape index (κ3) is 5.22. The first-order chi connectivity index (χ1) is 17.9. The van der Waals surface area contributed by atoms with Crippen LogP contribution in [-0.4, -0.2) is 47.8 Å². The van der Waals surface area contributed by atoms with E-state index in [4.69, 9.17) is 4.74 Å². The van der Waals surface area contributed by atoms with Crippen molar-refractivity contribution in [3.8, 4) is 28.8 Å². The van der Waals surface area contributed by atoms with Crippen molar-refractivity contribution in [2.24, 2.45) is 0 Å². The summed E-state index contributed by atoms with van der Waals surface area (Å²) in [6.45, 7) is 8.11. The maximum Gasteiger partial charge on any atom is 0.335 e. The number of fused-ring (bicyclic) bond motifs is 3. The Morgan fingerprint density at radius 3 is 2.47 bits per heavy atom. The van der Waals surface area contributed by atoms with Crippen molar-refractivity contribution in [1.29, 1.82) is 0 Å². The number of aliphatic hydroxyl groups excluding tert-OH is 1. The van der Waals surface area contributed by atoms with E-state index >= 15 is 0 Å². The molecule has 8 heteroatoms. The van der Waals surface area contributed by atoms with E-state index in [0.29, 0.717) is 34.9 Å². The van der Waals surface area contributed by atoms with Gasteiger partial charge in [-0.3, -0.25) is 4.57 Å². The minimum Gasteiger partial charge on any atom is -0.508 e. The molecule has 2 heterocycles. The van der Waals surface area contributed by atoms with E-state index in [9.17, 15) is 30.3 Å². The fourth-order valence-electron chi connectivity index (χ4n) is 4.92. The summed E-state index contributed by atoms with van der Waals surface area (Å²) in [4.78, 5) is 11.2. The molecule has 0 fully saturated rings. The third-order valence-corrected chi connectivity index (χ3v) is 7.27. The lowest BCUT2D eigenvalue weighted by Gasteiger charge is -2.40. The molecule has 0 saturated carbocycles. The number of carboxylic acids is 1. The number of ether oxygens (including phenoxy) is 1. The predicted molar refractivity (Wildman–Crippen MR) is 146 cm³/mol. The summed E-state index contributed by atoms with van der Waals surface area (Å²) in [6, 6.07) is 5.23. The van der Waals surface area contributed by atoms with Gasteiger partial charge in [0.1, 0.15) is 22.8 Å². The number of benzene rings is 2. The van der Waals surface area contributed by atoms with Gasteiger partial charge in [-0.25, -0.2) is 4.79 Å². The number of carboxylic acid groups (broad SMARTS) is 1. The number of carbonyl (C=O) groups is 1. The monoisotopic (exact) mass is 521 g/mol. The first-order valence-corrected chi connectivity index (χ1v) is 12.7. The van der Waals surface area contributed by atoms with Crippen molar-refractivity contribution in [1.82, 2.24) is 4.57 Å². The van der Waals surface area contributed by atoms with Crippen LogP contribution in [0.15, 0.2) is 53.8 Å². The molecular weight excluding hydrogens is 486 g/mol. The summed E-state index contributed by atoms with van der Waals surface area (Å²) < 4.78 is 7.71. The zero-order valence-corrected chi connectivity index (χ0v) is 22.2. The van der Waals surface area contributed by atoms with E-state index < -0.39 is 17.7 Å². The van der Waals surface area contributed by atoms with Crippen molar-refractivity contribution in [2.45, 2.75) is 71.5 Å². The van der Waals surface area contributed by atoms with Crippen LogP contribution in [0.3, 0.4) is 0 Å². The van der Waals surface area contributed by atoms with E-state index in [1.165, 1.54) is 33.9 Å². The summed E-state index contributed by atoms with van der Waals surface area (Å²) in [6.07, 6.45) is 8.50. The van der Waals surface area contributed by atoms with E-state index in [1.54, 1.807) is 6.20 Å². The number of phenols is 2. The summed E-state index contributed by atoms with van der Waals surface area (Å²) in [5.74, 6) is -1.50. The molecule has 8 nitrogen and oxygen atoms in total. The Kier molecular flexibility index (Phi) is 7.47. The fraction of sp³-hybridized carbons (Fsp3) is 0.367. The molecular formula is C30H35NO7. The average molecular weight is 522 g/mol. The maximum atomic E-state index is 11.2. The SMILES string of the molecule is CC(C)=CCCC(C)=CCCC1(C)Oc2c(c(O)cc3c(O)n(-c4ccc(C(=O)O)cc4O)cc23)CC1O. The van der Waals surface area contributed by atoms with Crippen LogP contribution in [-0.2, 0) is 6.42 Å². The lowest BCUT2D eigenvalue weighted by molar-refractivity contribution is -0.0581. The van der Waals surface area contributed by atoms with Crippen LogP contribution in [0.4, 0.5) is 0 Å². The topological polar surface area (TPSA) is 132 Å². The minimum absolute atomic E-state index is 0.0909. The number of aliphatic hydroxyl groups is 1. The van der Waals surface area contributed by atoms with Crippen molar-refractivity contribution < 1.29 is 35.1 Å². The first-order valence-electron chi connectivity index (χ1n) is 12.7. The van der Waals surface area contributed by atoms with Crippen molar-refractivity contribution in [3.63, 3.8) is 0 Å². The lowest BCUT2D eigenvalue weighted by atomic mass is 9.84. The Labute approximate surface area is 221 Å².